The van der Waals surface area contributed by atoms with Gasteiger partial charge in [-0.05, 0) is 50.5 Å². The highest BCUT2D eigenvalue weighted by molar-refractivity contribution is 5.80. The molecule has 0 aromatic rings. The van der Waals surface area contributed by atoms with E-state index in [9.17, 15) is 4.79 Å². The van der Waals surface area contributed by atoms with Crippen molar-refractivity contribution >= 4 is 5.91 Å². The van der Waals surface area contributed by atoms with Crippen LogP contribution < -0.4 is 10.6 Å². The summed E-state index contributed by atoms with van der Waals surface area (Å²) in [5, 5.41) is 6.83. The second kappa shape index (κ2) is 6.25. The summed E-state index contributed by atoms with van der Waals surface area (Å²) in [6.45, 7) is 7.70. The fourth-order valence-electron chi connectivity index (χ4n) is 3.85. The molecule has 0 spiro atoms. The van der Waals surface area contributed by atoms with Crippen LogP contribution in [0, 0.1) is 11.3 Å². The van der Waals surface area contributed by atoms with Crippen LogP contribution in [0.3, 0.4) is 0 Å². The molecule has 2 aliphatic rings. The second-order valence-corrected chi connectivity index (χ2v) is 7.05. The van der Waals surface area contributed by atoms with E-state index < -0.39 is 0 Å². The van der Waals surface area contributed by atoms with Crippen LogP contribution in [0.5, 0.6) is 0 Å². The van der Waals surface area contributed by atoms with E-state index in [2.05, 4.69) is 31.4 Å². The Labute approximate surface area is 117 Å². The Hall–Kier alpha value is -0.570. The molecule has 1 unspecified atom stereocenters. The van der Waals surface area contributed by atoms with Gasteiger partial charge >= 0.3 is 0 Å². The van der Waals surface area contributed by atoms with Crippen LogP contribution >= 0.6 is 0 Å². The van der Waals surface area contributed by atoms with Crippen molar-refractivity contribution in [2.24, 2.45) is 11.3 Å². The lowest BCUT2D eigenvalue weighted by Crippen LogP contribution is -2.45. The highest BCUT2D eigenvalue weighted by atomic mass is 16.2. The normalized spacial score (nSPS) is 34.2. The number of carbonyl (C=O) groups is 1. The Kier molecular flexibility index (Phi) is 4.88. The zero-order chi connectivity index (χ0) is 13.9. The van der Waals surface area contributed by atoms with E-state index >= 15 is 0 Å². The smallest absolute Gasteiger partial charge is 0.223 e. The number of rotatable bonds is 4. The molecule has 0 aromatic carbocycles. The Morgan fingerprint density at radius 1 is 1.11 bits per heavy atom. The molecule has 19 heavy (non-hydrogen) atoms. The first-order chi connectivity index (χ1) is 9.03. The summed E-state index contributed by atoms with van der Waals surface area (Å²) in [5.74, 6) is 0.549. The second-order valence-electron chi connectivity index (χ2n) is 7.05. The van der Waals surface area contributed by atoms with E-state index in [1.807, 2.05) is 0 Å². The average molecular weight is 266 g/mol. The molecule has 1 atom stereocenters. The predicted octanol–water partition coefficient (Wildman–Crippen LogP) is 2.85. The van der Waals surface area contributed by atoms with Gasteiger partial charge in [0.25, 0.3) is 0 Å². The van der Waals surface area contributed by atoms with Gasteiger partial charge in [0.15, 0.2) is 0 Å². The van der Waals surface area contributed by atoms with E-state index in [1.54, 1.807) is 0 Å². The standard InChI is InChI=1S/C16H30N2O/c1-4-17-12-7-9-13(10-8-12)18-15(19)14-6-5-11-16(14,2)3/h12-14,17H,4-11H2,1-3H3,(H,18,19). The van der Waals surface area contributed by atoms with Crippen molar-refractivity contribution in [1.29, 1.82) is 0 Å². The summed E-state index contributed by atoms with van der Waals surface area (Å²) < 4.78 is 0. The lowest BCUT2D eigenvalue weighted by molar-refractivity contribution is -0.128. The number of nitrogens with one attached hydrogen (secondary N) is 2. The summed E-state index contributed by atoms with van der Waals surface area (Å²) in [6, 6.07) is 1.08. The van der Waals surface area contributed by atoms with E-state index in [0.29, 0.717) is 18.0 Å². The van der Waals surface area contributed by atoms with Crippen molar-refractivity contribution in [3.8, 4) is 0 Å². The number of hydrogen-bond acceptors (Lipinski definition) is 2. The SMILES string of the molecule is CCNC1CCC(NC(=O)C2CCCC2(C)C)CC1. The van der Waals surface area contributed by atoms with Gasteiger partial charge in [-0.3, -0.25) is 4.79 Å². The molecule has 3 heteroatoms. The van der Waals surface area contributed by atoms with Crippen molar-refractivity contribution in [2.75, 3.05) is 6.54 Å². The van der Waals surface area contributed by atoms with E-state index in [0.717, 1.165) is 25.8 Å². The van der Waals surface area contributed by atoms with Gasteiger partial charge in [-0.2, -0.15) is 0 Å². The molecule has 110 valence electrons. The minimum Gasteiger partial charge on any atom is -0.353 e. The monoisotopic (exact) mass is 266 g/mol. The third kappa shape index (κ3) is 3.71. The van der Waals surface area contributed by atoms with Crippen LogP contribution in [0.15, 0.2) is 0 Å². The first-order valence-corrected chi connectivity index (χ1v) is 8.06. The molecule has 0 saturated heterocycles. The molecule has 0 bridgehead atoms. The van der Waals surface area contributed by atoms with Gasteiger partial charge in [0, 0.05) is 18.0 Å². The Bertz CT molecular complexity index is 306. The molecule has 3 nitrogen and oxygen atoms in total. The Morgan fingerprint density at radius 3 is 2.26 bits per heavy atom. The zero-order valence-corrected chi connectivity index (χ0v) is 12.8. The maximum atomic E-state index is 12.4. The first kappa shape index (κ1) is 14.8. The van der Waals surface area contributed by atoms with Crippen LogP contribution in [0.4, 0.5) is 0 Å². The van der Waals surface area contributed by atoms with Crippen molar-refractivity contribution in [2.45, 2.75) is 77.8 Å². The van der Waals surface area contributed by atoms with Crippen LogP contribution in [-0.2, 0) is 4.79 Å². The topological polar surface area (TPSA) is 41.1 Å². The maximum absolute atomic E-state index is 12.4. The minimum absolute atomic E-state index is 0.199. The van der Waals surface area contributed by atoms with Crippen molar-refractivity contribution < 1.29 is 4.79 Å². The lowest BCUT2D eigenvalue weighted by Gasteiger charge is -2.32. The van der Waals surface area contributed by atoms with Crippen molar-refractivity contribution in [3.05, 3.63) is 0 Å². The molecule has 0 heterocycles. The summed E-state index contributed by atoms with van der Waals surface area (Å²) >= 11 is 0. The highest BCUT2D eigenvalue weighted by Gasteiger charge is 2.39. The molecule has 0 aromatic heterocycles. The van der Waals surface area contributed by atoms with Crippen LogP contribution in [-0.4, -0.2) is 24.5 Å². The molecular weight excluding hydrogens is 236 g/mol. The number of amides is 1. The number of hydrogen-bond donors (Lipinski definition) is 2. The Balaban J connectivity index is 1.78. The van der Waals surface area contributed by atoms with Crippen LogP contribution in [0.2, 0.25) is 0 Å². The molecule has 2 rings (SSSR count). The summed E-state index contributed by atoms with van der Waals surface area (Å²) in [5.41, 5.74) is 0.199. The highest BCUT2D eigenvalue weighted by Crippen LogP contribution is 2.42. The fourth-order valence-corrected chi connectivity index (χ4v) is 3.85. The molecule has 1 amide bonds. The van der Waals surface area contributed by atoms with E-state index in [1.165, 1.54) is 25.7 Å². The van der Waals surface area contributed by atoms with Crippen molar-refractivity contribution in [3.63, 3.8) is 0 Å². The largest absolute Gasteiger partial charge is 0.353 e. The third-order valence-electron chi connectivity index (χ3n) is 5.14. The van der Waals surface area contributed by atoms with Crippen LogP contribution in [0.25, 0.3) is 0 Å². The van der Waals surface area contributed by atoms with E-state index in [-0.39, 0.29) is 11.3 Å². The van der Waals surface area contributed by atoms with Gasteiger partial charge in [0.2, 0.25) is 5.91 Å². The molecule has 2 saturated carbocycles. The molecule has 2 aliphatic carbocycles. The Morgan fingerprint density at radius 2 is 1.74 bits per heavy atom. The van der Waals surface area contributed by atoms with E-state index in [4.69, 9.17) is 0 Å². The summed E-state index contributed by atoms with van der Waals surface area (Å²) in [7, 11) is 0. The first-order valence-electron chi connectivity index (χ1n) is 8.06. The summed E-state index contributed by atoms with van der Waals surface area (Å²) in [4.78, 5) is 12.4. The van der Waals surface area contributed by atoms with Gasteiger partial charge in [-0.25, -0.2) is 0 Å². The third-order valence-corrected chi connectivity index (χ3v) is 5.14. The summed E-state index contributed by atoms with van der Waals surface area (Å²) in [6.07, 6.45) is 8.15. The fraction of sp³-hybridized carbons (Fsp3) is 0.938. The minimum atomic E-state index is 0.199. The molecule has 0 radical (unpaired) electrons. The predicted molar refractivity (Wildman–Crippen MR) is 79.0 cm³/mol. The van der Waals surface area contributed by atoms with Gasteiger partial charge in [-0.1, -0.05) is 27.2 Å². The number of carbonyl (C=O) groups excluding carboxylic acids is 1. The van der Waals surface area contributed by atoms with Gasteiger partial charge in [-0.15, -0.1) is 0 Å². The van der Waals surface area contributed by atoms with Crippen molar-refractivity contribution in [1.82, 2.24) is 10.6 Å². The zero-order valence-electron chi connectivity index (χ0n) is 12.8. The lowest BCUT2D eigenvalue weighted by atomic mass is 9.81. The average Bonchev–Trinajstić information content (AvgIpc) is 2.72. The van der Waals surface area contributed by atoms with Gasteiger partial charge in [0.1, 0.15) is 0 Å². The molecule has 2 fully saturated rings. The van der Waals surface area contributed by atoms with Gasteiger partial charge < -0.3 is 10.6 Å². The van der Waals surface area contributed by atoms with Gasteiger partial charge in [0.05, 0.1) is 0 Å². The molecule has 0 aliphatic heterocycles. The quantitative estimate of drug-likeness (QED) is 0.821. The molecule has 2 N–H and O–H groups in total. The molecular formula is C16H30N2O. The maximum Gasteiger partial charge on any atom is 0.223 e. The van der Waals surface area contributed by atoms with Crippen LogP contribution in [0.1, 0.15) is 65.7 Å².